The number of rotatable bonds is 4. The lowest BCUT2D eigenvalue weighted by Gasteiger charge is -2.32. The van der Waals surface area contributed by atoms with Crippen molar-refractivity contribution in [1.82, 2.24) is 14.8 Å². The number of aryl methyl sites for hydroxylation is 2. The minimum atomic E-state index is -0.0623. The number of benzene rings is 1. The Balaban J connectivity index is 1.76. The maximum Gasteiger partial charge on any atom is 0.254 e. The van der Waals surface area contributed by atoms with Crippen LogP contribution < -0.4 is 5.32 Å². The molecule has 1 N–H and O–H groups in total. The minimum Gasteiger partial charge on any atom is -0.342 e. The number of nitrogens with one attached hydrogen (secondary N) is 1. The average Bonchev–Trinajstić information content (AvgIpc) is 2.64. The second kappa shape index (κ2) is 7.74. The van der Waals surface area contributed by atoms with Crippen LogP contribution in [0.15, 0.2) is 30.5 Å². The van der Waals surface area contributed by atoms with Gasteiger partial charge in [0.15, 0.2) is 0 Å². The molecule has 0 aliphatic carbocycles. The smallest absolute Gasteiger partial charge is 0.254 e. The molecule has 1 fully saturated rings. The van der Waals surface area contributed by atoms with Gasteiger partial charge in [0.25, 0.3) is 5.91 Å². The van der Waals surface area contributed by atoms with Crippen LogP contribution in [0.3, 0.4) is 0 Å². The van der Waals surface area contributed by atoms with Crippen molar-refractivity contribution in [2.45, 2.75) is 13.8 Å². The van der Waals surface area contributed by atoms with Crippen molar-refractivity contribution in [2.75, 3.05) is 31.5 Å². The zero-order chi connectivity index (χ0) is 18.7. The molecule has 1 aromatic heterocycles. The number of piperazine rings is 1. The Morgan fingerprint density at radius 2 is 1.92 bits per heavy atom. The molecular formula is C19H21ClN4O2. The molecule has 0 spiro atoms. The zero-order valence-electron chi connectivity index (χ0n) is 14.8. The van der Waals surface area contributed by atoms with Gasteiger partial charge in [-0.25, -0.2) is 4.98 Å². The average molecular weight is 373 g/mol. The first-order valence-electron chi connectivity index (χ1n) is 8.46. The SMILES string of the molecule is Cc1cc(C)c(Nc2cc(C(=O)N3CCN(C=O)CC3)ccn2)c(Cl)c1. The van der Waals surface area contributed by atoms with E-state index in [1.54, 1.807) is 28.1 Å². The highest BCUT2D eigenvalue weighted by Crippen LogP contribution is 2.29. The number of aromatic nitrogens is 1. The molecule has 26 heavy (non-hydrogen) atoms. The molecule has 0 unspecified atom stereocenters. The molecule has 0 bridgehead atoms. The van der Waals surface area contributed by atoms with Crippen LogP contribution in [0.5, 0.6) is 0 Å². The highest BCUT2D eigenvalue weighted by Gasteiger charge is 2.21. The molecule has 1 aromatic carbocycles. The molecule has 1 aliphatic heterocycles. The molecule has 2 aromatic rings. The van der Waals surface area contributed by atoms with Gasteiger partial charge in [-0.15, -0.1) is 0 Å². The number of carbonyl (C=O) groups is 2. The fourth-order valence-corrected chi connectivity index (χ4v) is 3.42. The highest BCUT2D eigenvalue weighted by molar-refractivity contribution is 6.33. The van der Waals surface area contributed by atoms with Gasteiger partial charge < -0.3 is 15.1 Å². The summed E-state index contributed by atoms with van der Waals surface area (Å²) >= 11 is 6.34. The summed E-state index contributed by atoms with van der Waals surface area (Å²) in [6.45, 7) is 6.15. The number of anilines is 2. The first-order chi connectivity index (χ1) is 12.5. The number of halogens is 1. The van der Waals surface area contributed by atoms with Gasteiger partial charge in [0.1, 0.15) is 5.82 Å². The quantitative estimate of drug-likeness (QED) is 0.838. The van der Waals surface area contributed by atoms with Crippen molar-refractivity contribution < 1.29 is 9.59 Å². The summed E-state index contributed by atoms with van der Waals surface area (Å²) in [6.07, 6.45) is 2.43. The Morgan fingerprint density at radius 3 is 2.58 bits per heavy atom. The van der Waals surface area contributed by atoms with Crippen molar-refractivity contribution >= 4 is 35.4 Å². The van der Waals surface area contributed by atoms with E-state index in [4.69, 9.17) is 11.6 Å². The monoisotopic (exact) mass is 372 g/mol. The van der Waals surface area contributed by atoms with Gasteiger partial charge in [0.2, 0.25) is 6.41 Å². The van der Waals surface area contributed by atoms with Gasteiger partial charge in [-0.2, -0.15) is 0 Å². The van der Waals surface area contributed by atoms with Crippen LogP contribution >= 0.6 is 11.6 Å². The van der Waals surface area contributed by atoms with Crippen molar-refractivity contribution in [2.24, 2.45) is 0 Å². The van der Waals surface area contributed by atoms with Crippen LogP contribution in [-0.4, -0.2) is 53.3 Å². The molecule has 6 nitrogen and oxygen atoms in total. The molecule has 0 saturated carbocycles. The standard InChI is InChI=1S/C19H21ClN4O2/c1-13-9-14(2)18(16(20)10-13)22-17-11-15(3-4-21-17)19(26)24-7-5-23(12-25)6-8-24/h3-4,9-12H,5-8H2,1-2H3,(H,21,22). The maximum absolute atomic E-state index is 12.7. The summed E-state index contributed by atoms with van der Waals surface area (Å²) in [6, 6.07) is 7.35. The van der Waals surface area contributed by atoms with Gasteiger partial charge in [0.05, 0.1) is 10.7 Å². The van der Waals surface area contributed by atoms with Crippen LogP contribution in [-0.2, 0) is 4.79 Å². The number of pyridine rings is 1. The summed E-state index contributed by atoms with van der Waals surface area (Å²) in [4.78, 5) is 31.2. The van der Waals surface area contributed by atoms with E-state index in [9.17, 15) is 9.59 Å². The predicted molar refractivity (Wildman–Crippen MR) is 102 cm³/mol. The van der Waals surface area contributed by atoms with E-state index in [1.807, 2.05) is 26.0 Å². The predicted octanol–water partition coefficient (Wildman–Crippen LogP) is 3.01. The van der Waals surface area contributed by atoms with Crippen molar-refractivity contribution in [1.29, 1.82) is 0 Å². The Hall–Kier alpha value is -2.60. The fraction of sp³-hybridized carbons (Fsp3) is 0.316. The molecule has 1 aliphatic rings. The lowest BCUT2D eigenvalue weighted by molar-refractivity contribution is -0.119. The first kappa shape index (κ1) is 18.2. The molecule has 0 atom stereocenters. The van der Waals surface area contributed by atoms with Crippen molar-refractivity contribution in [3.8, 4) is 0 Å². The number of carbonyl (C=O) groups excluding carboxylic acids is 2. The summed E-state index contributed by atoms with van der Waals surface area (Å²) < 4.78 is 0. The van der Waals surface area contributed by atoms with Gasteiger partial charge in [-0.1, -0.05) is 17.7 Å². The molecule has 2 amide bonds. The number of hydrogen-bond acceptors (Lipinski definition) is 4. The largest absolute Gasteiger partial charge is 0.342 e. The van der Waals surface area contributed by atoms with Gasteiger partial charge in [-0.3, -0.25) is 9.59 Å². The van der Waals surface area contributed by atoms with Crippen LogP contribution in [0.1, 0.15) is 21.5 Å². The molecule has 1 saturated heterocycles. The Morgan fingerprint density at radius 1 is 1.19 bits per heavy atom. The Bertz CT molecular complexity index is 809. The minimum absolute atomic E-state index is 0.0623. The lowest BCUT2D eigenvalue weighted by atomic mass is 10.1. The van der Waals surface area contributed by atoms with E-state index in [2.05, 4.69) is 10.3 Å². The number of amides is 2. The molecule has 136 valence electrons. The van der Waals surface area contributed by atoms with Crippen molar-refractivity contribution in [3.63, 3.8) is 0 Å². The van der Waals surface area contributed by atoms with E-state index in [0.717, 1.165) is 23.2 Å². The normalized spacial score (nSPS) is 14.3. The number of hydrogen-bond donors (Lipinski definition) is 1. The number of nitrogens with zero attached hydrogens (tertiary/aromatic N) is 3. The first-order valence-corrected chi connectivity index (χ1v) is 8.84. The van der Waals surface area contributed by atoms with Crippen LogP contribution in [0, 0.1) is 13.8 Å². The van der Waals surface area contributed by atoms with Crippen LogP contribution in [0.4, 0.5) is 11.5 Å². The third kappa shape index (κ3) is 3.96. The zero-order valence-corrected chi connectivity index (χ0v) is 15.6. The Labute approximate surface area is 157 Å². The molecule has 3 rings (SSSR count). The van der Waals surface area contributed by atoms with E-state index >= 15 is 0 Å². The molecule has 0 radical (unpaired) electrons. The van der Waals surface area contributed by atoms with E-state index in [-0.39, 0.29) is 5.91 Å². The van der Waals surface area contributed by atoms with Gasteiger partial charge in [-0.05, 0) is 43.2 Å². The third-order valence-electron chi connectivity index (χ3n) is 4.44. The van der Waals surface area contributed by atoms with E-state index < -0.39 is 0 Å². The highest BCUT2D eigenvalue weighted by atomic mass is 35.5. The topological polar surface area (TPSA) is 65.5 Å². The molecule has 2 heterocycles. The third-order valence-corrected chi connectivity index (χ3v) is 4.74. The lowest BCUT2D eigenvalue weighted by Crippen LogP contribution is -2.48. The van der Waals surface area contributed by atoms with Gasteiger partial charge >= 0.3 is 0 Å². The van der Waals surface area contributed by atoms with E-state index in [0.29, 0.717) is 42.6 Å². The van der Waals surface area contributed by atoms with E-state index in [1.165, 1.54) is 0 Å². The summed E-state index contributed by atoms with van der Waals surface area (Å²) in [5, 5.41) is 3.83. The molecule has 7 heteroatoms. The summed E-state index contributed by atoms with van der Waals surface area (Å²) in [5.41, 5.74) is 3.44. The molecular weight excluding hydrogens is 352 g/mol. The van der Waals surface area contributed by atoms with Gasteiger partial charge in [0, 0.05) is 37.9 Å². The van der Waals surface area contributed by atoms with Crippen molar-refractivity contribution in [3.05, 3.63) is 52.2 Å². The Kier molecular flexibility index (Phi) is 5.42. The second-order valence-electron chi connectivity index (χ2n) is 6.43. The van der Waals surface area contributed by atoms with Crippen LogP contribution in [0.25, 0.3) is 0 Å². The van der Waals surface area contributed by atoms with Crippen LogP contribution in [0.2, 0.25) is 5.02 Å². The summed E-state index contributed by atoms with van der Waals surface area (Å²) in [5.74, 6) is 0.504. The maximum atomic E-state index is 12.7. The second-order valence-corrected chi connectivity index (χ2v) is 6.83. The summed E-state index contributed by atoms with van der Waals surface area (Å²) in [7, 11) is 0. The fourth-order valence-electron chi connectivity index (χ4n) is 3.05.